The van der Waals surface area contributed by atoms with Crippen molar-refractivity contribution in [1.82, 2.24) is 9.97 Å². The van der Waals surface area contributed by atoms with Gasteiger partial charge in [-0.2, -0.15) is 0 Å². The summed E-state index contributed by atoms with van der Waals surface area (Å²) in [5.41, 5.74) is 8.19. The lowest BCUT2D eigenvalue weighted by atomic mass is 10.1. The minimum Gasteiger partial charge on any atom is -0.398 e. The number of amides is 1. The van der Waals surface area contributed by atoms with Gasteiger partial charge < -0.3 is 16.0 Å². The van der Waals surface area contributed by atoms with Crippen LogP contribution in [-0.4, -0.2) is 21.6 Å². The molecular formula is C14H18N4OS. The van der Waals surface area contributed by atoms with E-state index in [1.54, 1.807) is 24.2 Å². The number of aromatic nitrogens is 2. The first-order valence-corrected chi connectivity index (χ1v) is 7.42. The smallest absolute Gasteiger partial charge is 0.224 e. The largest absolute Gasteiger partial charge is 0.398 e. The minimum absolute atomic E-state index is 0.0127. The monoisotopic (exact) mass is 290 g/mol. The van der Waals surface area contributed by atoms with Gasteiger partial charge in [-0.05, 0) is 31.0 Å². The summed E-state index contributed by atoms with van der Waals surface area (Å²) in [7, 11) is 0. The van der Waals surface area contributed by atoms with E-state index in [-0.39, 0.29) is 5.91 Å². The predicted octanol–water partition coefficient (Wildman–Crippen LogP) is 2.81. The van der Waals surface area contributed by atoms with Crippen LogP contribution in [0.1, 0.15) is 18.4 Å². The van der Waals surface area contributed by atoms with Crippen LogP contribution in [0.25, 0.3) is 0 Å². The van der Waals surface area contributed by atoms with Crippen LogP contribution in [0.15, 0.2) is 35.7 Å². The molecule has 1 aromatic heterocycles. The van der Waals surface area contributed by atoms with E-state index >= 15 is 0 Å². The summed E-state index contributed by atoms with van der Waals surface area (Å²) in [4.78, 5) is 19.0. The Balaban J connectivity index is 1.74. The molecule has 20 heavy (non-hydrogen) atoms. The lowest BCUT2D eigenvalue weighted by Crippen LogP contribution is -2.12. The van der Waals surface area contributed by atoms with E-state index in [0.29, 0.717) is 12.1 Å². The Kier molecular flexibility index (Phi) is 5.06. The third kappa shape index (κ3) is 4.03. The summed E-state index contributed by atoms with van der Waals surface area (Å²) in [5, 5.41) is 3.78. The third-order valence-corrected chi connectivity index (χ3v) is 3.90. The highest BCUT2D eigenvalue weighted by Crippen LogP contribution is 2.21. The predicted molar refractivity (Wildman–Crippen MR) is 82.8 cm³/mol. The van der Waals surface area contributed by atoms with Crippen molar-refractivity contribution in [3.63, 3.8) is 0 Å². The van der Waals surface area contributed by atoms with E-state index < -0.39 is 0 Å². The molecule has 0 atom stereocenters. The lowest BCUT2D eigenvalue weighted by molar-refractivity contribution is -0.116. The van der Waals surface area contributed by atoms with Gasteiger partial charge in [0.2, 0.25) is 5.91 Å². The highest BCUT2D eigenvalue weighted by atomic mass is 32.2. The Morgan fingerprint density at radius 3 is 3.10 bits per heavy atom. The quantitative estimate of drug-likeness (QED) is 0.434. The Morgan fingerprint density at radius 2 is 2.35 bits per heavy atom. The number of hydrogen-bond acceptors (Lipinski definition) is 4. The number of nitrogens with one attached hydrogen (secondary N) is 2. The number of nitrogen functional groups attached to an aromatic ring is 1. The van der Waals surface area contributed by atoms with E-state index in [1.165, 1.54) is 0 Å². The summed E-state index contributed by atoms with van der Waals surface area (Å²) < 4.78 is 0. The molecule has 0 spiro atoms. The number of aromatic amines is 1. The van der Waals surface area contributed by atoms with Crippen LogP contribution < -0.4 is 11.1 Å². The second-order valence-electron chi connectivity index (χ2n) is 4.41. The van der Waals surface area contributed by atoms with Crippen LogP contribution >= 0.6 is 11.8 Å². The molecule has 1 aromatic carbocycles. The Hall–Kier alpha value is -1.95. The molecule has 106 valence electrons. The van der Waals surface area contributed by atoms with Crippen LogP contribution in [0.5, 0.6) is 0 Å². The van der Waals surface area contributed by atoms with Gasteiger partial charge in [-0.25, -0.2) is 4.98 Å². The standard InChI is InChI=1S/C14H18N4OS/c1-10-11(15)4-2-5-12(10)18-13(19)6-3-9-20-14-16-7-8-17-14/h2,4-5,7-8H,3,6,9,15H2,1H3,(H,16,17)(H,18,19). The van der Waals surface area contributed by atoms with Gasteiger partial charge in [0.05, 0.1) is 0 Å². The minimum atomic E-state index is 0.0127. The Labute approximate surface area is 122 Å². The molecular weight excluding hydrogens is 272 g/mol. The zero-order valence-electron chi connectivity index (χ0n) is 11.3. The van der Waals surface area contributed by atoms with E-state index in [0.717, 1.165) is 28.6 Å². The Morgan fingerprint density at radius 1 is 1.50 bits per heavy atom. The van der Waals surface area contributed by atoms with Gasteiger partial charge in [-0.1, -0.05) is 17.8 Å². The molecule has 5 nitrogen and oxygen atoms in total. The highest BCUT2D eigenvalue weighted by Gasteiger charge is 2.06. The van der Waals surface area contributed by atoms with Crippen molar-refractivity contribution in [2.45, 2.75) is 24.9 Å². The molecule has 2 aromatic rings. The van der Waals surface area contributed by atoms with Crippen molar-refractivity contribution < 1.29 is 4.79 Å². The van der Waals surface area contributed by atoms with Crippen molar-refractivity contribution in [2.75, 3.05) is 16.8 Å². The van der Waals surface area contributed by atoms with Crippen LogP contribution in [0.2, 0.25) is 0 Å². The second kappa shape index (κ2) is 7.00. The van der Waals surface area contributed by atoms with Gasteiger partial charge in [0.15, 0.2) is 5.16 Å². The molecule has 0 aliphatic heterocycles. The third-order valence-electron chi connectivity index (χ3n) is 2.91. The fourth-order valence-corrected chi connectivity index (χ4v) is 2.50. The van der Waals surface area contributed by atoms with Crippen molar-refractivity contribution in [3.8, 4) is 0 Å². The average molecular weight is 290 g/mol. The molecule has 6 heteroatoms. The van der Waals surface area contributed by atoms with Crippen LogP contribution in [0.4, 0.5) is 11.4 Å². The maximum absolute atomic E-state index is 11.9. The molecule has 0 bridgehead atoms. The van der Waals surface area contributed by atoms with Crippen molar-refractivity contribution in [2.24, 2.45) is 0 Å². The number of carbonyl (C=O) groups is 1. The van der Waals surface area contributed by atoms with Gasteiger partial charge in [0, 0.05) is 35.9 Å². The second-order valence-corrected chi connectivity index (χ2v) is 5.50. The number of anilines is 2. The molecule has 1 heterocycles. The summed E-state index contributed by atoms with van der Waals surface area (Å²) in [5.74, 6) is 0.871. The molecule has 0 aliphatic carbocycles. The van der Waals surface area contributed by atoms with E-state index in [4.69, 9.17) is 5.73 Å². The summed E-state index contributed by atoms with van der Waals surface area (Å²) in [6.07, 6.45) is 4.80. The first-order valence-electron chi connectivity index (χ1n) is 6.44. The number of nitrogens with zero attached hydrogens (tertiary/aromatic N) is 1. The average Bonchev–Trinajstić information content (AvgIpc) is 2.93. The normalized spacial score (nSPS) is 10.4. The summed E-state index contributed by atoms with van der Waals surface area (Å²) in [6, 6.07) is 5.52. The summed E-state index contributed by atoms with van der Waals surface area (Å²) >= 11 is 1.61. The van der Waals surface area contributed by atoms with Gasteiger partial charge in [0.1, 0.15) is 0 Å². The van der Waals surface area contributed by atoms with Crippen molar-refractivity contribution >= 4 is 29.0 Å². The molecule has 0 saturated heterocycles. The van der Waals surface area contributed by atoms with Crippen molar-refractivity contribution in [3.05, 3.63) is 36.2 Å². The summed E-state index contributed by atoms with van der Waals surface area (Å²) in [6.45, 7) is 1.90. The number of rotatable bonds is 6. The number of H-pyrrole nitrogens is 1. The molecule has 0 aliphatic rings. The number of carbonyl (C=O) groups excluding carboxylic acids is 1. The molecule has 0 saturated carbocycles. The molecule has 2 rings (SSSR count). The molecule has 4 N–H and O–H groups in total. The van der Waals surface area contributed by atoms with Gasteiger partial charge >= 0.3 is 0 Å². The van der Waals surface area contributed by atoms with Crippen LogP contribution in [-0.2, 0) is 4.79 Å². The van der Waals surface area contributed by atoms with Gasteiger partial charge in [-0.15, -0.1) is 0 Å². The Bertz CT molecular complexity index is 569. The van der Waals surface area contributed by atoms with E-state index in [9.17, 15) is 4.79 Å². The maximum Gasteiger partial charge on any atom is 0.224 e. The number of nitrogens with two attached hydrogens (primary N) is 1. The number of thioether (sulfide) groups is 1. The zero-order valence-corrected chi connectivity index (χ0v) is 12.2. The molecule has 0 unspecified atom stereocenters. The van der Waals surface area contributed by atoms with E-state index in [1.807, 2.05) is 25.1 Å². The molecule has 0 radical (unpaired) electrons. The first-order chi connectivity index (χ1) is 9.66. The highest BCUT2D eigenvalue weighted by molar-refractivity contribution is 7.99. The van der Waals surface area contributed by atoms with Gasteiger partial charge in [-0.3, -0.25) is 4.79 Å². The topological polar surface area (TPSA) is 83.8 Å². The lowest BCUT2D eigenvalue weighted by Gasteiger charge is -2.09. The number of benzene rings is 1. The van der Waals surface area contributed by atoms with Crippen LogP contribution in [0.3, 0.4) is 0 Å². The zero-order chi connectivity index (χ0) is 14.4. The van der Waals surface area contributed by atoms with Crippen LogP contribution in [0, 0.1) is 6.92 Å². The fourth-order valence-electron chi connectivity index (χ4n) is 1.73. The molecule has 1 amide bonds. The fraction of sp³-hybridized carbons (Fsp3) is 0.286. The van der Waals surface area contributed by atoms with Gasteiger partial charge in [0.25, 0.3) is 0 Å². The SMILES string of the molecule is Cc1c(N)cccc1NC(=O)CCCSc1ncc[nH]1. The molecule has 0 fully saturated rings. The van der Waals surface area contributed by atoms with E-state index in [2.05, 4.69) is 15.3 Å². The van der Waals surface area contributed by atoms with Crippen molar-refractivity contribution in [1.29, 1.82) is 0 Å². The first kappa shape index (κ1) is 14.5. The number of hydrogen-bond donors (Lipinski definition) is 3. The maximum atomic E-state index is 11.9. The number of imidazole rings is 1.